The van der Waals surface area contributed by atoms with E-state index in [1.54, 1.807) is 62.6 Å². The fourth-order valence-electron chi connectivity index (χ4n) is 9.71. The number of pyridine rings is 4. The topological polar surface area (TPSA) is 201 Å². The first kappa shape index (κ1) is 46.1. The number of nitrogens with one attached hydrogen (secondary N) is 2. The summed E-state index contributed by atoms with van der Waals surface area (Å²) in [6.45, 7) is 10.6. The number of halogens is 3. The van der Waals surface area contributed by atoms with Crippen molar-refractivity contribution in [3.63, 3.8) is 0 Å². The van der Waals surface area contributed by atoms with Gasteiger partial charge in [-0.3, -0.25) is 15.0 Å². The minimum absolute atomic E-state index is 0.0359. The number of aliphatic hydroxyl groups is 2. The minimum Gasteiger partial charge on any atom is -0.374 e. The highest BCUT2D eigenvalue weighted by atomic mass is 79.9. The van der Waals surface area contributed by atoms with Gasteiger partial charge in [-0.2, -0.15) is 0 Å². The predicted molar refractivity (Wildman–Crippen MR) is 264 cm³/mol. The monoisotopic (exact) mass is 1020 g/mol. The van der Waals surface area contributed by atoms with Crippen molar-refractivity contribution in [3.05, 3.63) is 187 Å². The number of aromatic amines is 2. The van der Waals surface area contributed by atoms with Gasteiger partial charge in [-0.1, -0.05) is 22.4 Å². The van der Waals surface area contributed by atoms with Gasteiger partial charge < -0.3 is 29.2 Å². The molecule has 358 valence electrons. The van der Waals surface area contributed by atoms with E-state index in [4.69, 9.17) is 19.0 Å². The van der Waals surface area contributed by atoms with Gasteiger partial charge >= 0.3 is 0 Å². The van der Waals surface area contributed by atoms with Crippen LogP contribution in [0.4, 0.5) is 8.78 Å². The fraction of sp³-hybridized carbons (Fsp3) is 0.259. The molecule has 2 aliphatic rings. The third-order valence-corrected chi connectivity index (χ3v) is 14.0. The van der Waals surface area contributed by atoms with Gasteiger partial charge in [-0.15, -0.1) is 0 Å². The van der Waals surface area contributed by atoms with Gasteiger partial charge in [0, 0.05) is 63.8 Å². The molecule has 17 heteroatoms. The SMILES string of the molecule is Cc1nc(Br)cc(C(O)(c2ccccn2)c2cc(-c3c(C)noc3C)cc3[nH]c(C4CC4)nc23)c1F.Cc1nccc(C(O)(c2ccccn2)c2cc(-c3c(C)noc3C)cc3[nH]c(C4CC4)nc23)c1F. The van der Waals surface area contributed by atoms with Gasteiger partial charge in [-0.05, 0) is 155 Å². The highest BCUT2D eigenvalue weighted by molar-refractivity contribution is 9.10. The van der Waals surface area contributed by atoms with E-state index in [1.165, 1.54) is 18.3 Å². The Bertz CT molecular complexity index is 3640. The molecule has 2 atom stereocenters. The maximum atomic E-state index is 15.8. The molecule has 71 heavy (non-hydrogen) atoms. The van der Waals surface area contributed by atoms with E-state index in [0.717, 1.165) is 82.0 Å². The zero-order valence-electron chi connectivity index (χ0n) is 39.6. The highest BCUT2D eigenvalue weighted by Gasteiger charge is 2.44. The molecule has 0 amide bonds. The number of aryl methyl sites for hydroxylation is 6. The first-order valence-corrected chi connectivity index (χ1v) is 24.1. The van der Waals surface area contributed by atoms with Crippen LogP contribution >= 0.6 is 15.9 Å². The lowest BCUT2D eigenvalue weighted by atomic mass is 9.81. The normalized spacial score (nSPS) is 15.4. The molecule has 10 aromatic rings. The van der Waals surface area contributed by atoms with Crippen LogP contribution in [0, 0.1) is 53.2 Å². The molecular formula is C54H47BrF2N10O4. The van der Waals surface area contributed by atoms with Crippen LogP contribution in [-0.4, -0.2) is 60.4 Å². The van der Waals surface area contributed by atoms with Gasteiger partial charge in [0.1, 0.15) is 27.8 Å². The van der Waals surface area contributed by atoms with Crippen LogP contribution in [0.1, 0.15) is 117 Å². The van der Waals surface area contributed by atoms with Crippen molar-refractivity contribution < 1.29 is 28.0 Å². The van der Waals surface area contributed by atoms with Gasteiger partial charge in [0.2, 0.25) is 0 Å². The second-order valence-electron chi connectivity index (χ2n) is 18.5. The second-order valence-corrected chi connectivity index (χ2v) is 19.3. The Morgan fingerprint density at radius 3 is 1.46 bits per heavy atom. The summed E-state index contributed by atoms with van der Waals surface area (Å²) in [5.41, 5.74) is 5.23. The molecule has 2 fully saturated rings. The third kappa shape index (κ3) is 7.92. The lowest BCUT2D eigenvalue weighted by Gasteiger charge is -2.30. The molecule has 8 heterocycles. The standard InChI is InChI=1S/C27H23BrFN5O2.C27H24FN5O2/c1-13-23(15(3)36-34-13)17-10-19(25-20(11-17)32-26(33-25)16-7-8-16)27(35,21-6-4-5-9-30-21)18-12-22(28)31-14(2)24(18)29;1-14-23(16(3)35-33-14)18-12-20(25-21(13-18)31-26(32-25)17-7-8-17)27(34,22-6-4-5-10-30-22)19-9-11-29-15(2)24(19)28/h4-6,9-12,16,35H,7-8H2,1-3H3,(H,32,33);4-6,9-13,17,34H,7-8H2,1-3H3,(H,31,32). The third-order valence-electron chi connectivity index (χ3n) is 13.6. The average Bonchev–Trinajstić information content (AvgIpc) is 4.26. The maximum Gasteiger partial charge on any atom is 0.162 e. The highest BCUT2D eigenvalue weighted by Crippen LogP contribution is 2.48. The largest absolute Gasteiger partial charge is 0.374 e. The summed E-state index contributed by atoms with van der Waals surface area (Å²) in [6.07, 6.45) is 8.90. The molecule has 0 aliphatic heterocycles. The molecule has 2 aromatic carbocycles. The Labute approximate surface area is 414 Å². The molecular weight excluding hydrogens is 971 g/mol. The van der Waals surface area contributed by atoms with Crippen LogP contribution in [0.5, 0.6) is 0 Å². The van der Waals surface area contributed by atoms with E-state index >= 15 is 8.78 Å². The molecule has 2 saturated carbocycles. The van der Waals surface area contributed by atoms with Crippen LogP contribution in [0.25, 0.3) is 44.3 Å². The van der Waals surface area contributed by atoms with Crippen LogP contribution < -0.4 is 0 Å². The molecule has 14 nitrogen and oxygen atoms in total. The van der Waals surface area contributed by atoms with Crippen LogP contribution in [-0.2, 0) is 11.2 Å². The minimum atomic E-state index is -1.97. The van der Waals surface area contributed by atoms with Gasteiger partial charge in [-0.25, -0.2) is 23.7 Å². The van der Waals surface area contributed by atoms with Crippen LogP contribution in [0.3, 0.4) is 0 Å². The number of benzene rings is 2. The van der Waals surface area contributed by atoms with Crippen molar-refractivity contribution in [1.82, 2.24) is 50.2 Å². The fourth-order valence-corrected chi connectivity index (χ4v) is 10.2. The van der Waals surface area contributed by atoms with E-state index in [1.807, 2.05) is 52.0 Å². The van der Waals surface area contributed by atoms with Gasteiger partial charge in [0.25, 0.3) is 0 Å². The molecule has 2 aliphatic carbocycles. The number of hydrogen-bond donors (Lipinski definition) is 4. The summed E-state index contributed by atoms with van der Waals surface area (Å²) in [4.78, 5) is 33.9. The zero-order chi connectivity index (χ0) is 49.5. The molecule has 0 bridgehead atoms. The first-order chi connectivity index (χ1) is 34.1. The quantitative estimate of drug-likeness (QED) is 0.0946. The number of imidazole rings is 2. The van der Waals surface area contributed by atoms with Crippen molar-refractivity contribution in [2.24, 2.45) is 0 Å². The number of fused-ring (bicyclic) bond motifs is 2. The molecule has 12 rings (SSSR count). The van der Waals surface area contributed by atoms with E-state index < -0.39 is 22.8 Å². The van der Waals surface area contributed by atoms with Crippen molar-refractivity contribution in [1.29, 1.82) is 0 Å². The van der Waals surface area contributed by atoms with Crippen molar-refractivity contribution in [2.75, 3.05) is 0 Å². The predicted octanol–water partition coefficient (Wildman–Crippen LogP) is 11.2. The molecule has 0 radical (unpaired) electrons. The lowest BCUT2D eigenvalue weighted by Crippen LogP contribution is -2.32. The van der Waals surface area contributed by atoms with Crippen molar-refractivity contribution in [3.8, 4) is 22.3 Å². The summed E-state index contributed by atoms with van der Waals surface area (Å²) >= 11 is 3.38. The van der Waals surface area contributed by atoms with Gasteiger partial charge in [0.05, 0.1) is 56.2 Å². The molecule has 4 N–H and O–H groups in total. The summed E-state index contributed by atoms with van der Waals surface area (Å²) in [5.74, 6) is 2.54. The smallest absolute Gasteiger partial charge is 0.162 e. The summed E-state index contributed by atoms with van der Waals surface area (Å²) in [7, 11) is 0. The van der Waals surface area contributed by atoms with E-state index in [0.29, 0.717) is 50.1 Å². The number of nitrogens with zero attached hydrogens (tertiary/aromatic N) is 8. The summed E-state index contributed by atoms with van der Waals surface area (Å²) < 4.78 is 42.6. The number of H-pyrrole nitrogens is 2. The second kappa shape index (κ2) is 17.5. The summed E-state index contributed by atoms with van der Waals surface area (Å²) in [6, 6.07) is 21.1. The average molecular weight is 1020 g/mol. The number of hydrogen-bond acceptors (Lipinski definition) is 12. The Morgan fingerprint density at radius 2 is 1.03 bits per heavy atom. The first-order valence-electron chi connectivity index (χ1n) is 23.3. The van der Waals surface area contributed by atoms with Crippen LogP contribution in [0.2, 0.25) is 0 Å². The lowest BCUT2D eigenvalue weighted by molar-refractivity contribution is 0.117. The Hall–Kier alpha value is -7.34. The molecule has 0 saturated heterocycles. The molecule has 0 spiro atoms. The van der Waals surface area contributed by atoms with Crippen LogP contribution in [0.15, 0.2) is 105 Å². The zero-order valence-corrected chi connectivity index (χ0v) is 41.2. The Morgan fingerprint density at radius 1 is 0.549 bits per heavy atom. The number of aromatic nitrogens is 10. The maximum absolute atomic E-state index is 15.8. The summed E-state index contributed by atoms with van der Waals surface area (Å²) in [5, 5.41) is 33.4. The Kier molecular flexibility index (Phi) is 11.4. The van der Waals surface area contributed by atoms with Crippen molar-refractivity contribution in [2.45, 2.75) is 90.3 Å². The Balaban J connectivity index is 0.000000154. The van der Waals surface area contributed by atoms with Gasteiger partial charge in [0.15, 0.2) is 22.8 Å². The van der Waals surface area contributed by atoms with Crippen molar-refractivity contribution >= 4 is 38.0 Å². The molecule has 2 unspecified atom stereocenters. The van der Waals surface area contributed by atoms with E-state index in [2.05, 4.69) is 56.1 Å². The number of rotatable bonds is 10. The van der Waals surface area contributed by atoms with E-state index in [9.17, 15) is 10.2 Å². The van der Waals surface area contributed by atoms with E-state index in [-0.39, 0.29) is 33.9 Å². The molecule has 8 aromatic heterocycles.